The van der Waals surface area contributed by atoms with Crippen molar-refractivity contribution in [1.29, 1.82) is 5.26 Å². The van der Waals surface area contributed by atoms with Gasteiger partial charge >= 0.3 is 0 Å². The quantitative estimate of drug-likeness (QED) is 0.736. The monoisotopic (exact) mass is 195 g/mol. The lowest BCUT2D eigenvalue weighted by atomic mass is 9.75. The number of aliphatic hydroxyl groups is 1. The summed E-state index contributed by atoms with van der Waals surface area (Å²) in [4.78, 5) is 0. The van der Waals surface area contributed by atoms with E-state index in [4.69, 9.17) is 0 Å². The maximum Gasteiger partial charge on any atom is 0.0832 e. The van der Waals surface area contributed by atoms with Crippen molar-refractivity contribution < 1.29 is 5.11 Å². The molecule has 1 saturated carbocycles. The van der Waals surface area contributed by atoms with E-state index in [2.05, 4.69) is 26.8 Å². The molecule has 0 amide bonds. The Morgan fingerprint density at radius 2 is 1.86 bits per heavy atom. The van der Waals surface area contributed by atoms with Gasteiger partial charge in [-0.2, -0.15) is 5.26 Å². The maximum atomic E-state index is 10.1. The maximum absolute atomic E-state index is 10.1. The van der Waals surface area contributed by atoms with Crippen LogP contribution >= 0.6 is 0 Å². The van der Waals surface area contributed by atoms with Gasteiger partial charge in [0.1, 0.15) is 0 Å². The zero-order chi connectivity index (χ0) is 10.8. The van der Waals surface area contributed by atoms with Crippen molar-refractivity contribution in [3.05, 3.63) is 0 Å². The summed E-state index contributed by atoms with van der Waals surface area (Å²) in [5.74, 6) is 0. The second-order valence-electron chi connectivity index (χ2n) is 5.76. The molecule has 1 aliphatic carbocycles. The molecule has 0 saturated heterocycles. The van der Waals surface area contributed by atoms with Gasteiger partial charge in [0.25, 0.3) is 0 Å². The number of nitriles is 1. The normalized spacial score (nSPS) is 23.1. The van der Waals surface area contributed by atoms with Crippen molar-refractivity contribution >= 4 is 0 Å². The number of nitrogens with zero attached hydrogens (tertiary/aromatic N) is 1. The summed E-state index contributed by atoms with van der Waals surface area (Å²) in [6.07, 6.45) is 4.21. The molecule has 0 bridgehead atoms. The molecule has 2 heteroatoms. The molecular weight excluding hydrogens is 174 g/mol. The predicted molar refractivity (Wildman–Crippen MR) is 56.6 cm³/mol. The first-order valence-electron chi connectivity index (χ1n) is 5.49. The summed E-state index contributed by atoms with van der Waals surface area (Å²) in [6, 6.07) is 2.35. The highest BCUT2D eigenvalue weighted by molar-refractivity contribution is 5.06. The third kappa shape index (κ3) is 2.48. The molecule has 2 nitrogen and oxygen atoms in total. The van der Waals surface area contributed by atoms with Gasteiger partial charge in [0.2, 0.25) is 0 Å². The number of hydrogen-bond acceptors (Lipinski definition) is 2. The number of aliphatic hydroxyl groups excluding tert-OH is 1. The minimum atomic E-state index is -0.449. The lowest BCUT2D eigenvalue weighted by molar-refractivity contribution is 0.0324. The standard InChI is InChI=1S/C12H21NO/c1-11(2,3)8-10(14)12(9-13)6-4-5-7-12/h10,14H,4-8H2,1-3H3. The van der Waals surface area contributed by atoms with Crippen molar-refractivity contribution in [3.63, 3.8) is 0 Å². The Hall–Kier alpha value is -0.550. The lowest BCUT2D eigenvalue weighted by Gasteiger charge is -2.31. The molecule has 1 aliphatic rings. The summed E-state index contributed by atoms with van der Waals surface area (Å²) in [5, 5.41) is 19.3. The smallest absolute Gasteiger partial charge is 0.0832 e. The van der Waals surface area contributed by atoms with E-state index in [1.807, 2.05) is 0 Å². The van der Waals surface area contributed by atoms with Crippen molar-refractivity contribution in [2.45, 2.75) is 59.0 Å². The van der Waals surface area contributed by atoms with E-state index in [1.165, 1.54) is 0 Å². The first kappa shape index (κ1) is 11.5. The first-order chi connectivity index (χ1) is 6.40. The lowest BCUT2D eigenvalue weighted by Crippen LogP contribution is -2.34. The molecule has 0 heterocycles. The van der Waals surface area contributed by atoms with Crippen LogP contribution in [-0.2, 0) is 0 Å². The molecule has 1 N–H and O–H groups in total. The summed E-state index contributed by atoms with van der Waals surface area (Å²) < 4.78 is 0. The van der Waals surface area contributed by atoms with Crippen LogP contribution in [0.4, 0.5) is 0 Å². The van der Waals surface area contributed by atoms with Crippen molar-refractivity contribution in [2.24, 2.45) is 10.8 Å². The van der Waals surface area contributed by atoms with Crippen LogP contribution in [0.1, 0.15) is 52.9 Å². The zero-order valence-electron chi connectivity index (χ0n) is 9.51. The van der Waals surface area contributed by atoms with Gasteiger partial charge in [-0.25, -0.2) is 0 Å². The van der Waals surface area contributed by atoms with Gasteiger partial charge in [-0.05, 0) is 24.7 Å². The summed E-state index contributed by atoms with van der Waals surface area (Å²) >= 11 is 0. The molecule has 14 heavy (non-hydrogen) atoms. The minimum Gasteiger partial charge on any atom is -0.391 e. The van der Waals surface area contributed by atoms with E-state index in [0.717, 1.165) is 32.1 Å². The minimum absolute atomic E-state index is 0.103. The van der Waals surface area contributed by atoms with Crippen LogP contribution in [0.3, 0.4) is 0 Å². The molecule has 1 fully saturated rings. The van der Waals surface area contributed by atoms with Crippen LogP contribution in [0.2, 0.25) is 0 Å². The number of rotatable bonds is 2. The van der Waals surface area contributed by atoms with Crippen LogP contribution in [-0.4, -0.2) is 11.2 Å². The summed E-state index contributed by atoms with van der Waals surface area (Å²) in [7, 11) is 0. The van der Waals surface area contributed by atoms with Gasteiger partial charge in [0.05, 0.1) is 17.6 Å². The zero-order valence-corrected chi connectivity index (χ0v) is 9.51. The van der Waals surface area contributed by atoms with Gasteiger partial charge < -0.3 is 5.11 Å². The molecule has 1 atom stereocenters. The number of hydrogen-bond donors (Lipinski definition) is 1. The Kier molecular flexibility index (Phi) is 3.21. The van der Waals surface area contributed by atoms with Crippen molar-refractivity contribution in [1.82, 2.24) is 0 Å². The van der Waals surface area contributed by atoms with E-state index in [1.54, 1.807) is 0 Å². The molecule has 0 spiro atoms. The van der Waals surface area contributed by atoms with E-state index < -0.39 is 11.5 Å². The molecule has 1 rings (SSSR count). The Morgan fingerprint density at radius 3 is 2.21 bits per heavy atom. The van der Waals surface area contributed by atoms with Crippen LogP contribution in [0.15, 0.2) is 0 Å². The summed E-state index contributed by atoms with van der Waals surface area (Å²) in [5.41, 5.74) is -0.334. The second kappa shape index (κ2) is 3.90. The highest BCUT2D eigenvalue weighted by atomic mass is 16.3. The third-order valence-corrected chi connectivity index (χ3v) is 3.16. The van der Waals surface area contributed by atoms with Gasteiger partial charge in [0, 0.05) is 0 Å². The molecule has 0 aromatic carbocycles. The molecule has 80 valence electrons. The van der Waals surface area contributed by atoms with Gasteiger partial charge in [0.15, 0.2) is 0 Å². The Morgan fingerprint density at radius 1 is 1.36 bits per heavy atom. The summed E-state index contributed by atoms with van der Waals surface area (Å²) in [6.45, 7) is 6.32. The van der Waals surface area contributed by atoms with Gasteiger partial charge in [-0.1, -0.05) is 33.6 Å². The molecule has 0 aromatic heterocycles. The molecule has 0 aliphatic heterocycles. The Balaban J connectivity index is 2.67. The Bertz CT molecular complexity index is 228. The highest BCUT2D eigenvalue weighted by Gasteiger charge is 2.42. The van der Waals surface area contributed by atoms with E-state index in [9.17, 15) is 10.4 Å². The fourth-order valence-corrected chi connectivity index (χ4v) is 2.30. The van der Waals surface area contributed by atoms with Crippen LogP contribution < -0.4 is 0 Å². The highest BCUT2D eigenvalue weighted by Crippen LogP contribution is 2.43. The molecular formula is C12H21NO. The molecule has 1 unspecified atom stereocenters. The van der Waals surface area contributed by atoms with E-state index in [-0.39, 0.29) is 5.41 Å². The molecule has 0 radical (unpaired) electrons. The van der Waals surface area contributed by atoms with Crippen LogP contribution in [0.5, 0.6) is 0 Å². The fourth-order valence-electron chi connectivity index (χ4n) is 2.30. The molecule has 0 aromatic rings. The SMILES string of the molecule is CC(C)(C)CC(O)C1(C#N)CCCC1. The Labute approximate surface area is 86.9 Å². The largest absolute Gasteiger partial charge is 0.391 e. The van der Waals surface area contributed by atoms with Gasteiger partial charge in [-0.15, -0.1) is 0 Å². The van der Waals surface area contributed by atoms with Crippen LogP contribution in [0, 0.1) is 22.2 Å². The van der Waals surface area contributed by atoms with E-state index >= 15 is 0 Å². The average molecular weight is 195 g/mol. The van der Waals surface area contributed by atoms with E-state index in [0.29, 0.717) is 0 Å². The average Bonchev–Trinajstić information content (AvgIpc) is 2.49. The van der Waals surface area contributed by atoms with Crippen molar-refractivity contribution in [3.8, 4) is 6.07 Å². The van der Waals surface area contributed by atoms with Crippen LogP contribution in [0.25, 0.3) is 0 Å². The second-order valence-corrected chi connectivity index (χ2v) is 5.76. The third-order valence-electron chi connectivity index (χ3n) is 3.16. The first-order valence-corrected chi connectivity index (χ1v) is 5.49. The van der Waals surface area contributed by atoms with Gasteiger partial charge in [-0.3, -0.25) is 0 Å². The topological polar surface area (TPSA) is 44.0 Å². The van der Waals surface area contributed by atoms with Crippen molar-refractivity contribution in [2.75, 3.05) is 0 Å². The predicted octanol–water partition coefficient (Wildman–Crippen LogP) is 2.87. The fraction of sp³-hybridized carbons (Fsp3) is 0.917.